The van der Waals surface area contributed by atoms with Crippen LogP contribution in [0.25, 0.3) is 10.2 Å². The van der Waals surface area contributed by atoms with Crippen molar-refractivity contribution in [2.24, 2.45) is 0 Å². The molecule has 168 valence electrons. The molecular formula is C23H24F2N4O2S. The van der Waals surface area contributed by atoms with E-state index < -0.39 is 24.3 Å². The lowest BCUT2D eigenvalue weighted by atomic mass is 9.89. The number of nitrogens with one attached hydrogen (secondary N) is 1. The maximum absolute atomic E-state index is 14.6. The second-order valence-corrected chi connectivity index (χ2v) is 9.67. The number of carbonyl (C=O) groups excluding carboxylic acids is 1. The Morgan fingerprint density at radius 3 is 2.91 bits per heavy atom. The number of fused-ring (bicyclic) bond motifs is 2. The minimum atomic E-state index is -3.01. The average molecular weight is 459 g/mol. The first kappa shape index (κ1) is 21.2. The number of piperidine rings is 1. The molecule has 0 saturated carbocycles. The molecule has 32 heavy (non-hydrogen) atoms. The molecule has 1 N–H and O–H groups in total. The van der Waals surface area contributed by atoms with E-state index in [1.54, 1.807) is 17.9 Å². The number of aromatic nitrogens is 2. The monoisotopic (exact) mass is 458 g/mol. The van der Waals surface area contributed by atoms with Crippen LogP contribution in [0.5, 0.6) is 0 Å². The molecule has 2 aliphatic rings. The Hall–Kier alpha value is -2.65. The maximum atomic E-state index is 14.6. The largest absolute Gasteiger partial charge is 0.618 e. The third-order valence-electron chi connectivity index (χ3n) is 6.63. The molecule has 3 heterocycles. The second kappa shape index (κ2) is 8.04. The van der Waals surface area contributed by atoms with Crippen molar-refractivity contribution >= 4 is 32.6 Å². The molecule has 0 radical (unpaired) electrons. The van der Waals surface area contributed by atoms with Gasteiger partial charge in [0.15, 0.2) is 11.3 Å². The fourth-order valence-corrected chi connectivity index (χ4v) is 5.64. The highest BCUT2D eigenvalue weighted by atomic mass is 32.1. The van der Waals surface area contributed by atoms with Gasteiger partial charge in [-0.2, -0.15) is 4.73 Å². The number of anilines is 1. The summed E-state index contributed by atoms with van der Waals surface area (Å²) >= 11 is 1.43. The van der Waals surface area contributed by atoms with E-state index in [4.69, 9.17) is 0 Å². The Morgan fingerprint density at radius 1 is 1.34 bits per heavy atom. The lowest BCUT2D eigenvalue weighted by molar-refractivity contribution is -0.617. The van der Waals surface area contributed by atoms with Crippen LogP contribution in [0.4, 0.5) is 13.9 Å². The number of hydrogen-bond donors (Lipinski definition) is 1. The first-order valence-electron chi connectivity index (χ1n) is 10.8. The van der Waals surface area contributed by atoms with E-state index in [0.717, 1.165) is 23.1 Å². The highest BCUT2D eigenvalue weighted by Gasteiger charge is 2.49. The first-order chi connectivity index (χ1) is 15.3. The third-order valence-corrected chi connectivity index (χ3v) is 7.56. The summed E-state index contributed by atoms with van der Waals surface area (Å²) in [5.41, 5.74) is 3.57. The van der Waals surface area contributed by atoms with Crippen LogP contribution in [0, 0.1) is 5.21 Å². The number of thiazole rings is 1. The highest BCUT2D eigenvalue weighted by molar-refractivity contribution is 7.22. The molecule has 6 nitrogen and oxygen atoms in total. The van der Waals surface area contributed by atoms with Crippen molar-refractivity contribution < 1.29 is 18.3 Å². The Labute approximate surface area is 188 Å². The number of halogens is 2. The molecule has 1 aromatic carbocycles. The van der Waals surface area contributed by atoms with Gasteiger partial charge in [-0.15, -0.1) is 0 Å². The topological polar surface area (TPSA) is 72.2 Å². The van der Waals surface area contributed by atoms with E-state index in [1.807, 2.05) is 0 Å². The number of alkyl halides is 2. The average Bonchev–Trinajstić information content (AvgIpc) is 3.37. The van der Waals surface area contributed by atoms with Gasteiger partial charge in [0.2, 0.25) is 11.6 Å². The van der Waals surface area contributed by atoms with Crippen molar-refractivity contribution in [3.63, 3.8) is 0 Å². The van der Waals surface area contributed by atoms with Crippen LogP contribution in [0.3, 0.4) is 0 Å². The molecule has 2 aromatic heterocycles. The molecule has 3 aromatic rings. The normalized spacial score (nSPS) is 21.4. The summed E-state index contributed by atoms with van der Waals surface area (Å²) in [4.78, 5) is 19.2. The fraction of sp³-hybridized carbons (Fsp3) is 0.435. The van der Waals surface area contributed by atoms with E-state index >= 15 is 0 Å². The zero-order valence-corrected chi connectivity index (χ0v) is 18.5. The summed E-state index contributed by atoms with van der Waals surface area (Å²) in [6.07, 6.45) is 4.12. The summed E-state index contributed by atoms with van der Waals surface area (Å²) in [6.45, 7) is 1.71. The zero-order valence-electron chi connectivity index (χ0n) is 17.7. The van der Waals surface area contributed by atoms with Gasteiger partial charge in [-0.3, -0.25) is 9.69 Å². The number of likely N-dealkylation sites (tertiary alicyclic amines) is 1. The van der Waals surface area contributed by atoms with Gasteiger partial charge in [0.25, 0.3) is 5.92 Å². The van der Waals surface area contributed by atoms with E-state index in [1.165, 1.54) is 47.2 Å². The van der Waals surface area contributed by atoms with Crippen molar-refractivity contribution in [1.82, 2.24) is 9.88 Å². The highest BCUT2D eigenvalue weighted by Crippen LogP contribution is 2.40. The van der Waals surface area contributed by atoms with Crippen LogP contribution in [0.15, 0.2) is 36.5 Å². The van der Waals surface area contributed by atoms with Gasteiger partial charge in [0, 0.05) is 31.6 Å². The molecular weight excluding hydrogens is 434 g/mol. The number of hydrogen-bond acceptors (Lipinski definition) is 5. The quantitative estimate of drug-likeness (QED) is 0.476. The van der Waals surface area contributed by atoms with Crippen LogP contribution >= 0.6 is 11.3 Å². The molecule has 9 heteroatoms. The summed E-state index contributed by atoms with van der Waals surface area (Å²) in [6, 6.07) is 8.15. The SMILES string of the molecule is C[C@H](C(=O)Nc1nc2cc3c(cc2s1)CCC3)N1CCC(F)(F)[C@H](c2cccc[n+]2[O-])C1. The summed E-state index contributed by atoms with van der Waals surface area (Å²) in [5, 5.41) is 15.5. The van der Waals surface area contributed by atoms with E-state index in [-0.39, 0.29) is 24.7 Å². The lowest BCUT2D eigenvalue weighted by Gasteiger charge is -2.39. The lowest BCUT2D eigenvalue weighted by Crippen LogP contribution is -2.54. The van der Waals surface area contributed by atoms with Crippen molar-refractivity contribution in [1.29, 1.82) is 0 Å². The Bertz CT molecular complexity index is 1140. The van der Waals surface area contributed by atoms with E-state index in [2.05, 4.69) is 22.4 Å². The summed E-state index contributed by atoms with van der Waals surface area (Å²) < 4.78 is 30.8. The van der Waals surface area contributed by atoms with Crippen LogP contribution in [-0.4, -0.2) is 40.8 Å². The van der Waals surface area contributed by atoms with Gasteiger partial charge in [-0.25, -0.2) is 13.8 Å². The number of amides is 1. The standard InChI is InChI=1S/C23H24F2N4O2S/c1-14(28-10-8-23(24,25)17(13-28)19-7-2-3-9-29(19)31)21(30)27-22-26-18-11-15-5-4-6-16(15)12-20(18)32-22/h2-3,7,9,11-12,14,17H,4-6,8,10,13H2,1H3,(H,26,27,30)/t14-,17+/m1/s1. The molecule has 1 aliphatic carbocycles. The minimum Gasteiger partial charge on any atom is -0.618 e. The van der Waals surface area contributed by atoms with Crippen LogP contribution in [0.1, 0.15) is 42.5 Å². The molecule has 0 spiro atoms. The first-order valence-corrected chi connectivity index (χ1v) is 11.7. The zero-order chi connectivity index (χ0) is 22.5. The number of carbonyl (C=O) groups is 1. The third kappa shape index (κ3) is 3.84. The molecule has 1 fully saturated rings. The molecule has 1 saturated heterocycles. The van der Waals surface area contributed by atoms with Crippen molar-refractivity contribution in [2.45, 2.75) is 50.5 Å². The Balaban J connectivity index is 1.31. The van der Waals surface area contributed by atoms with Crippen LogP contribution < -0.4 is 10.0 Å². The predicted octanol–water partition coefficient (Wildman–Crippen LogP) is 3.87. The van der Waals surface area contributed by atoms with Crippen LogP contribution in [-0.2, 0) is 17.6 Å². The molecule has 1 aliphatic heterocycles. The maximum Gasteiger partial charge on any atom is 0.263 e. The minimum absolute atomic E-state index is 0.0222. The van der Waals surface area contributed by atoms with Crippen molar-refractivity contribution in [3.05, 3.63) is 58.6 Å². The van der Waals surface area contributed by atoms with E-state index in [0.29, 0.717) is 9.86 Å². The number of benzene rings is 1. The number of pyridine rings is 1. The van der Waals surface area contributed by atoms with Crippen molar-refractivity contribution in [3.8, 4) is 0 Å². The van der Waals surface area contributed by atoms with Gasteiger partial charge in [0.1, 0.15) is 5.92 Å². The second-order valence-electron chi connectivity index (χ2n) is 8.64. The van der Waals surface area contributed by atoms with Gasteiger partial charge < -0.3 is 10.5 Å². The summed E-state index contributed by atoms with van der Waals surface area (Å²) in [5.74, 6) is -4.56. The molecule has 2 atom stereocenters. The molecule has 5 rings (SSSR count). The van der Waals surface area contributed by atoms with Gasteiger partial charge >= 0.3 is 0 Å². The number of nitrogens with zero attached hydrogens (tertiary/aromatic N) is 3. The van der Waals surface area contributed by atoms with Gasteiger partial charge in [-0.05, 0) is 55.5 Å². The molecule has 0 bridgehead atoms. The Kier molecular flexibility index (Phi) is 5.33. The Morgan fingerprint density at radius 2 is 2.12 bits per heavy atom. The molecule has 0 unspecified atom stereocenters. The van der Waals surface area contributed by atoms with Gasteiger partial charge in [0.05, 0.1) is 16.3 Å². The molecule has 1 amide bonds. The van der Waals surface area contributed by atoms with Crippen LogP contribution in [0.2, 0.25) is 0 Å². The smallest absolute Gasteiger partial charge is 0.263 e. The van der Waals surface area contributed by atoms with Gasteiger partial charge in [-0.1, -0.05) is 11.3 Å². The van der Waals surface area contributed by atoms with E-state index in [9.17, 15) is 18.8 Å². The fourth-order valence-electron chi connectivity index (χ4n) is 4.72. The van der Waals surface area contributed by atoms with Crippen molar-refractivity contribution in [2.75, 3.05) is 18.4 Å². The number of aryl methyl sites for hydroxylation is 2. The predicted molar refractivity (Wildman–Crippen MR) is 119 cm³/mol. The number of rotatable bonds is 4. The summed E-state index contributed by atoms with van der Waals surface area (Å²) in [7, 11) is 0.